The van der Waals surface area contributed by atoms with Gasteiger partial charge in [0.1, 0.15) is 0 Å². The van der Waals surface area contributed by atoms with Crippen LogP contribution in [0.3, 0.4) is 0 Å². The van der Waals surface area contributed by atoms with Crippen LogP contribution in [0.15, 0.2) is 0 Å². The molecule has 0 aromatic carbocycles. The van der Waals surface area contributed by atoms with E-state index in [4.69, 9.17) is 10.8 Å². The highest BCUT2D eigenvalue weighted by molar-refractivity contribution is 5.77. The average Bonchev–Trinajstić information content (AvgIpc) is 2.96. The molecule has 0 aliphatic heterocycles. The Morgan fingerprint density at radius 1 is 1.47 bits per heavy atom. The molecule has 1 atom stereocenters. The molecular formula is C10H18N2O3. The number of carboxylic acids is 1. The SMILES string of the molecule is NCCCC(=O)NC(CC(=O)O)C1CC1. The minimum absolute atomic E-state index is 0.0268. The standard InChI is InChI=1S/C10H18N2O3/c11-5-1-2-9(13)12-8(6-10(14)15)7-3-4-7/h7-8H,1-6,11H2,(H,12,13)(H,14,15). The number of aliphatic carboxylic acids is 1. The molecule has 5 heteroatoms. The largest absolute Gasteiger partial charge is 0.481 e. The van der Waals surface area contributed by atoms with Gasteiger partial charge in [0.05, 0.1) is 6.42 Å². The molecule has 0 saturated heterocycles. The van der Waals surface area contributed by atoms with Crippen molar-refractivity contribution in [1.29, 1.82) is 0 Å². The molecule has 1 amide bonds. The highest BCUT2D eigenvalue weighted by Crippen LogP contribution is 2.34. The number of amides is 1. The van der Waals surface area contributed by atoms with E-state index in [1.807, 2.05) is 0 Å². The second-order valence-corrected chi connectivity index (χ2v) is 4.00. The lowest BCUT2D eigenvalue weighted by Crippen LogP contribution is -2.38. The predicted molar refractivity (Wildman–Crippen MR) is 55.2 cm³/mol. The molecule has 0 spiro atoms. The van der Waals surface area contributed by atoms with Gasteiger partial charge in [-0.05, 0) is 31.7 Å². The van der Waals surface area contributed by atoms with E-state index in [0.717, 1.165) is 12.8 Å². The Morgan fingerprint density at radius 3 is 2.60 bits per heavy atom. The van der Waals surface area contributed by atoms with E-state index in [0.29, 0.717) is 25.3 Å². The van der Waals surface area contributed by atoms with Crippen LogP contribution < -0.4 is 11.1 Å². The fourth-order valence-electron chi connectivity index (χ4n) is 1.56. The van der Waals surface area contributed by atoms with Gasteiger partial charge in [-0.25, -0.2) is 0 Å². The fraction of sp³-hybridized carbons (Fsp3) is 0.800. The van der Waals surface area contributed by atoms with Gasteiger partial charge in [0.25, 0.3) is 0 Å². The third-order valence-corrected chi connectivity index (χ3v) is 2.54. The van der Waals surface area contributed by atoms with Crippen LogP contribution in [0.1, 0.15) is 32.1 Å². The minimum Gasteiger partial charge on any atom is -0.481 e. The molecule has 15 heavy (non-hydrogen) atoms. The molecule has 86 valence electrons. The van der Waals surface area contributed by atoms with Crippen LogP contribution in [0.5, 0.6) is 0 Å². The van der Waals surface area contributed by atoms with Crippen LogP contribution >= 0.6 is 0 Å². The number of carboxylic acid groups (broad SMARTS) is 1. The number of nitrogens with one attached hydrogen (secondary N) is 1. The van der Waals surface area contributed by atoms with Crippen molar-refractivity contribution in [3.05, 3.63) is 0 Å². The van der Waals surface area contributed by atoms with Gasteiger partial charge in [-0.1, -0.05) is 0 Å². The van der Waals surface area contributed by atoms with E-state index >= 15 is 0 Å². The first-order valence-electron chi connectivity index (χ1n) is 5.34. The molecule has 1 unspecified atom stereocenters. The number of hydrogen-bond acceptors (Lipinski definition) is 3. The van der Waals surface area contributed by atoms with Gasteiger partial charge < -0.3 is 16.2 Å². The molecule has 1 rings (SSSR count). The summed E-state index contributed by atoms with van der Waals surface area (Å²) in [4.78, 5) is 21.9. The van der Waals surface area contributed by atoms with E-state index in [2.05, 4.69) is 5.32 Å². The zero-order chi connectivity index (χ0) is 11.3. The Hall–Kier alpha value is -1.10. The number of carbonyl (C=O) groups is 2. The second kappa shape index (κ2) is 5.70. The van der Waals surface area contributed by atoms with Crippen molar-refractivity contribution in [2.24, 2.45) is 11.7 Å². The maximum Gasteiger partial charge on any atom is 0.305 e. The van der Waals surface area contributed by atoms with Crippen molar-refractivity contribution < 1.29 is 14.7 Å². The molecule has 0 bridgehead atoms. The van der Waals surface area contributed by atoms with E-state index < -0.39 is 5.97 Å². The first-order valence-corrected chi connectivity index (χ1v) is 5.34. The Morgan fingerprint density at radius 2 is 2.13 bits per heavy atom. The van der Waals surface area contributed by atoms with Crippen molar-refractivity contribution in [3.63, 3.8) is 0 Å². The van der Waals surface area contributed by atoms with Crippen molar-refractivity contribution >= 4 is 11.9 Å². The quantitative estimate of drug-likeness (QED) is 0.560. The minimum atomic E-state index is -0.856. The van der Waals surface area contributed by atoms with E-state index in [-0.39, 0.29) is 18.4 Å². The van der Waals surface area contributed by atoms with Crippen LogP contribution in [-0.2, 0) is 9.59 Å². The summed E-state index contributed by atoms with van der Waals surface area (Å²) in [7, 11) is 0. The van der Waals surface area contributed by atoms with Crippen molar-refractivity contribution in [3.8, 4) is 0 Å². The molecule has 1 saturated carbocycles. The highest BCUT2D eigenvalue weighted by atomic mass is 16.4. The molecule has 5 nitrogen and oxygen atoms in total. The van der Waals surface area contributed by atoms with Crippen molar-refractivity contribution in [2.75, 3.05) is 6.54 Å². The van der Waals surface area contributed by atoms with E-state index in [1.165, 1.54) is 0 Å². The predicted octanol–water partition coefficient (Wildman–Crippen LogP) is 0.0948. The molecule has 1 fully saturated rings. The lowest BCUT2D eigenvalue weighted by Gasteiger charge is -2.15. The summed E-state index contributed by atoms with van der Waals surface area (Å²) < 4.78 is 0. The van der Waals surface area contributed by atoms with Crippen LogP contribution in [0.25, 0.3) is 0 Å². The van der Waals surface area contributed by atoms with Crippen molar-refractivity contribution in [1.82, 2.24) is 5.32 Å². The Labute approximate surface area is 89.0 Å². The summed E-state index contributed by atoms with van der Waals surface area (Å²) in [5.74, 6) is -0.576. The summed E-state index contributed by atoms with van der Waals surface area (Å²) in [6.07, 6.45) is 3.11. The second-order valence-electron chi connectivity index (χ2n) is 4.00. The van der Waals surface area contributed by atoms with Gasteiger partial charge >= 0.3 is 5.97 Å². The van der Waals surface area contributed by atoms with Crippen molar-refractivity contribution in [2.45, 2.75) is 38.1 Å². The lowest BCUT2D eigenvalue weighted by molar-refractivity contribution is -0.137. The van der Waals surface area contributed by atoms with Crippen LogP contribution in [0.4, 0.5) is 0 Å². The zero-order valence-corrected chi connectivity index (χ0v) is 8.74. The summed E-state index contributed by atoms with van der Waals surface area (Å²) in [6.45, 7) is 0.487. The van der Waals surface area contributed by atoms with Crippen LogP contribution in [0.2, 0.25) is 0 Å². The number of hydrogen-bond donors (Lipinski definition) is 3. The first kappa shape index (κ1) is 12.0. The maximum atomic E-state index is 11.4. The fourth-order valence-corrected chi connectivity index (χ4v) is 1.56. The highest BCUT2D eigenvalue weighted by Gasteiger charge is 2.33. The normalized spacial score (nSPS) is 17.1. The smallest absolute Gasteiger partial charge is 0.305 e. The Kier molecular flexibility index (Phi) is 4.55. The average molecular weight is 214 g/mol. The van der Waals surface area contributed by atoms with E-state index in [9.17, 15) is 9.59 Å². The number of nitrogens with two attached hydrogens (primary N) is 1. The third-order valence-electron chi connectivity index (χ3n) is 2.54. The van der Waals surface area contributed by atoms with Crippen LogP contribution in [-0.4, -0.2) is 29.6 Å². The summed E-state index contributed by atoms with van der Waals surface area (Å²) >= 11 is 0. The van der Waals surface area contributed by atoms with Gasteiger partial charge in [0.2, 0.25) is 5.91 Å². The maximum absolute atomic E-state index is 11.4. The molecule has 1 aliphatic carbocycles. The lowest BCUT2D eigenvalue weighted by atomic mass is 10.1. The topological polar surface area (TPSA) is 92.4 Å². The molecule has 0 aromatic rings. The summed E-state index contributed by atoms with van der Waals surface area (Å²) in [5, 5.41) is 11.4. The van der Waals surface area contributed by atoms with Gasteiger partial charge in [0.15, 0.2) is 0 Å². The first-order chi connectivity index (χ1) is 7.13. The molecule has 4 N–H and O–H groups in total. The number of rotatable bonds is 7. The van der Waals surface area contributed by atoms with Gasteiger partial charge in [0, 0.05) is 12.5 Å². The zero-order valence-electron chi connectivity index (χ0n) is 8.74. The van der Waals surface area contributed by atoms with Gasteiger partial charge in [-0.2, -0.15) is 0 Å². The molecule has 0 heterocycles. The third kappa shape index (κ3) is 4.78. The Bertz CT molecular complexity index is 239. The molecular weight excluding hydrogens is 196 g/mol. The monoisotopic (exact) mass is 214 g/mol. The molecule has 0 aromatic heterocycles. The molecule has 1 aliphatic rings. The summed E-state index contributed by atoms with van der Waals surface area (Å²) in [6, 6.07) is -0.187. The summed E-state index contributed by atoms with van der Waals surface area (Å²) in [5.41, 5.74) is 5.29. The molecule has 0 radical (unpaired) electrons. The number of carbonyl (C=O) groups excluding carboxylic acids is 1. The van der Waals surface area contributed by atoms with Gasteiger partial charge in [-0.3, -0.25) is 9.59 Å². The van der Waals surface area contributed by atoms with Gasteiger partial charge in [-0.15, -0.1) is 0 Å². The van der Waals surface area contributed by atoms with E-state index in [1.54, 1.807) is 0 Å². The Balaban J connectivity index is 2.30. The van der Waals surface area contributed by atoms with Crippen LogP contribution in [0, 0.1) is 5.92 Å².